The number of aliphatic hydroxyl groups is 2. The third-order valence-corrected chi connectivity index (χ3v) is 7.89. The van der Waals surface area contributed by atoms with Crippen LogP contribution < -0.4 is 4.74 Å². The highest BCUT2D eigenvalue weighted by Gasteiger charge is 2.38. The largest absolute Gasteiger partial charge is 0.490 e. The Morgan fingerprint density at radius 2 is 1.72 bits per heavy atom. The Labute approximate surface area is 191 Å². The van der Waals surface area contributed by atoms with E-state index in [0.29, 0.717) is 18.9 Å². The van der Waals surface area contributed by atoms with E-state index in [4.69, 9.17) is 9.47 Å². The minimum Gasteiger partial charge on any atom is -0.490 e. The van der Waals surface area contributed by atoms with Gasteiger partial charge in [0, 0.05) is 12.8 Å². The second kappa shape index (κ2) is 9.54. The zero-order valence-electron chi connectivity index (χ0n) is 19.1. The number of rotatable bonds is 6. The van der Waals surface area contributed by atoms with Gasteiger partial charge in [0.15, 0.2) is 0 Å². The second-order valence-corrected chi connectivity index (χ2v) is 10.2. The lowest BCUT2D eigenvalue weighted by Crippen LogP contribution is -2.33. The van der Waals surface area contributed by atoms with Crippen molar-refractivity contribution in [3.63, 3.8) is 0 Å². The van der Waals surface area contributed by atoms with Crippen LogP contribution >= 0.6 is 0 Å². The molecule has 2 N–H and O–H groups in total. The highest BCUT2D eigenvalue weighted by molar-refractivity contribution is 5.38. The van der Waals surface area contributed by atoms with Crippen LogP contribution in [0.3, 0.4) is 0 Å². The van der Waals surface area contributed by atoms with Crippen LogP contribution in [0.4, 0.5) is 0 Å². The summed E-state index contributed by atoms with van der Waals surface area (Å²) in [6.45, 7) is 2.09. The molecular weight excluding hydrogens is 400 g/mol. The summed E-state index contributed by atoms with van der Waals surface area (Å²) in [6.07, 6.45) is 8.10. The molecule has 3 aliphatic rings. The fourth-order valence-electron chi connectivity index (χ4n) is 6.10. The van der Waals surface area contributed by atoms with Gasteiger partial charge in [0.05, 0.1) is 31.0 Å². The van der Waals surface area contributed by atoms with Gasteiger partial charge in [-0.05, 0) is 72.4 Å². The van der Waals surface area contributed by atoms with Gasteiger partial charge in [0.1, 0.15) is 5.75 Å². The molecule has 2 aliphatic carbocycles. The molecule has 4 heteroatoms. The fraction of sp³-hybridized carbons (Fsp3) is 0.571. The van der Waals surface area contributed by atoms with E-state index in [1.54, 1.807) is 0 Å². The molecule has 1 saturated heterocycles. The van der Waals surface area contributed by atoms with Crippen molar-refractivity contribution in [3.8, 4) is 5.75 Å². The van der Waals surface area contributed by atoms with E-state index in [1.165, 1.54) is 48.8 Å². The molecule has 2 aromatic rings. The monoisotopic (exact) mass is 436 g/mol. The SMILES string of the molecule is Cc1ccc(C2CC(O)CC(CO)O2)cc1Cc1ccc(OC2CC3CCCC3C2)cc1. The maximum Gasteiger partial charge on any atom is 0.119 e. The average Bonchev–Trinajstić information content (AvgIpc) is 3.38. The lowest BCUT2D eigenvalue weighted by atomic mass is 9.92. The maximum atomic E-state index is 10.2. The first-order chi connectivity index (χ1) is 15.6. The van der Waals surface area contributed by atoms with Crippen molar-refractivity contribution in [2.75, 3.05) is 6.61 Å². The van der Waals surface area contributed by atoms with E-state index in [1.807, 2.05) is 0 Å². The molecule has 0 aromatic heterocycles. The molecule has 1 heterocycles. The molecule has 32 heavy (non-hydrogen) atoms. The Kier molecular flexibility index (Phi) is 6.54. The quantitative estimate of drug-likeness (QED) is 0.660. The molecule has 3 fully saturated rings. The van der Waals surface area contributed by atoms with Crippen LogP contribution in [0.1, 0.15) is 73.3 Å². The van der Waals surface area contributed by atoms with E-state index in [-0.39, 0.29) is 18.8 Å². The number of aryl methyl sites for hydroxylation is 1. The third kappa shape index (κ3) is 4.88. The van der Waals surface area contributed by atoms with Crippen molar-refractivity contribution in [1.29, 1.82) is 0 Å². The molecule has 0 spiro atoms. The number of hydrogen-bond donors (Lipinski definition) is 2. The van der Waals surface area contributed by atoms with E-state index >= 15 is 0 Å². The number of aliphatic hydroxyl groups excluding tert-OH is 2. The summed E-state index contributed by atoms with van der Waals surface area (Å²) < 4.78 is 12.3. The van der Waals surface area contributed by atoms with Gasteiger partial charge in [-0.2, -0.15) is 0 Å². The molecule has 4 nitrogen and oxygen atoms in total. The summed E-state index contributed by atoms with van der Waals surface area (Å²) in [5.41, 5.74) is 4.86. The van der Waals surface area contributed by atoms with E-state index < -0.39 is 6.10 Å². The van der Waals surface area contributed by atoms with Crippen LogP contribution in [0.2, 0.25) is 0 Å². The minimum atomic E-state index is -0.428. The molecular formula is C28H36O4. The summed E-state index contributed by atoms with van der Waals surface area (Å²) in [5.74, 6) is 2.79. The van der Waals surface area contributed by atoms with Gasteiger partial charge in [0.2, 0.25) is 0 Å². The fourth-order valence-corrected chi connectivity index (χ4v) is 6.10. The highest BCUT2D eigenvalue weighted by Crippen LogP contribution is 2.45. The van der Waals surface area contributed by atoms with Gasteiger partial charge < -0.3 is 19.7 Å². The average molecular weight is 437 g/mol. The van der Waals surface area contributed by atoms with Gasteiger partial charge in [-0.15, -0.1) is 0 Å². The summed E-state index contributed by atoms with van der Waals surface area (Å²) in [6, 6.07) is 15.0. The minimum absolute atomic E-state index is 0.0527. The van der Waals surface area contributed by atoms with Crippen molar-refractivity contribution < 1.29 is 19.7 Å². The summed E-state index contributed by atoms with van der Waals surface area (Å²) >= 11 is 0. The van der Waals surface area contributed by atoms with Crippen molar-refractivity contribution in [2.45, 2.75) is 82.7 Å². The molecule has 0 bridgehead atoms. The number of fused-ring (bicyclic) bond motifs is 1. The Morgan fingerprint density at radius 3 is 2.44 bits per heavy atom. The predicted molar refractivity (Wildman–Crippen MR) is 125 cm³/mol. The van der Waals surface area contributed by atoms with Crippen LogP contribution in [0, 0.1) is 18.8 Å². The zero-order valence-corrected chi connectivity index (χ0v) is 19.1. The first-order valence-electron chi connectivity index (χ1n) is 12.4. The standard InChI is InChI=1S/C28H36O4/c1-18-5-8-22(28-16-24(30)15-27(17-29)32-28)12-23(18)11-19-6-9-25(10-7-19)31-26-13-20-3-2-4-21(20)14-26/h5-10,12,20-21,24,26-30H,2-4,11,13-17H2,1H3. The molecule has 2 aromatic carbocycles. The van der Waals surface area contributed by atoms with E-state index in [9.17, 15) is 10.2 Å². The Balaban J connectivity index is 1.23. The molecule has 5 atom stereocenters. The van der Waals surface area contributed by atoms with Crippen LogP contribution in [0.5, 0.6) is 5.75 Å². The number of ether oxygens (including phenoxy) is 2. The first-order valence-corrected chi connectivity index (χ1v) is 12.4. The van der Waals surface area contributed by atoms with Gasteiger partial charge >= 0.3 is 0 Å². The Hall–Kier alpha value is -1.88. The van der Waals surface area contributed by atoms with Crippen molar-refractivity contribution in [1.82, 2.24) is 0 Å². The molecule has 172 valence electrons. The smallest absolute Gasteiger partial charge is 0.119 e. The zero-order chi connectivity index (χ0) is 22.1. The van der Waals surface area contributed by atoms with Crippen LogP contribution in [0.25, 0.3) is 0 Å². The number of hydrogen-bond acceptors (Lipinski definition) is 4. The van der Waals surface area contributed by atoms with Crippen LogP contribution in [-0.2, 0) is 11.2 Å². The van der Waals surface area contributed by atoms with Crippen LogP contribution in [-0.4, -0.2) is 35.1 Å². The molecule has 5 unspecified atom stereocenters. The third-order valence-electron chi connectivity index (χ3n) is 7.89. The van der Waals surface area contributed by atoms with Gasteiger partial charge in [-0.1, -0.05) is 49.6 Å². The predicted octanol–water partition coefficient (Wildman–Crippen LogP) is 5.12. The van der Waals surface area contributed by atoms with E-state index in [2.05, 4.69) is 49.4 Å². The summed E-state index contributed by atoms with van der Waals surface area (Å²) in [5, 5.41) is 19.6. The van der Waals surface area contributed by atoms with Gasteiger partial charge in [0.25, 0.3) is 0 Å². The molecule has 2 saturated carbocycles. The second-order valence-electron chi connectivity index (χ2n) is 10.2. The first kappa shape index (κ1) is 21.9. The van der Waals surface area contributed by atoms with Gasteiger partial charge in [-0.3, -0.25) is 0 Å². The lowest BCUT2D eigenvalue weighted by Gasteiger charge is -2.32. The summed E-state index contributed by atoms with van der Waals surface area (Å²) in [4.78, 5) is 0. The van der Waals surface area contributed by atoms with Crippen molar-refractivity contribution in [2.24, 2.45) is 11.8 Å². The topological polar surface area (TPSA) is 58.9 Å². The normalized spacial score (nSPS) is 32.1. The molecule has 0 amide bonds. The highest BCUT2D eigenvalue weighted by atomic mass is 16.5. The molecule has 5 rings (SSSR count). The van der Waals surface area contributed by atoms with E-state index in [0.717, 1.165) is 29.6 Å². The van der Waals surface area contributed by atoms with Gasteiger partial charge in [-0.25, -0.2) is 0 Å². The molecule has 0 radical (unpaired) electrons. The maximum absolute atomic E-state index is 10.2. The lowest BCUT2D eigenvalue weighted by molar-refractivity contribution is -0.113. The van der Waals surface area contributed by atoms with Crippen LogP contribution in [0.15, 0.2) is 42.5 Å². The van der Waals surface area contributed by atoms with Crippen molar-refractivity contribution >= 4 is 0 Å². The molecule has 1 aliphatic heterocycles. The Morgan fingerprint density at radius 1 is 0.969 bits per heavy atom. The Bertz CT molecular complexity index is 896. The van der Waals surface area contributed by atoms with Crippen molar-refractivity contribution in [3.05, 3.63) is 64.7 Å². The number of benzene rings is 2. The summed E-state index contributed by atoms with van der Waals surface area (Å²) in [7, 11) is 0.